The fourth-order valence-corrected chi connectivity index (χ4v) is 1.68. The summed E-state index contributed by atoms with van der Waals surface area (Å²) in [5.74, 6) is 0. The van der Waals surface area contributed by atoms with E-state index in [1.54, 1.807) is 0 Å². The van der Waals surface area contributed by atoms with Crippen LogP contribution in [0.3, 0.4) is 0 Å². The van der Waals surface area contributed by atoms with Gasteiger partial charge in [0.15, 0.2) is 0 Å². The van der Waals surface area contributed by atoms with E-state index in [0.717, 1.165) is 4.67 Å². The highest BCUT2D eigenvalue weighted by molar-refractivity contribution is 7.85. The number of amides is 1. The van der Waals surface area contributed by atoms with Gasteiger partial charge in [-0.2, -0.15) is 0 Å². The zero-order chi connectivity index (χ0) is 7.78. The maximum absolute atomic E-state index is 10.8. The summed E-state index contributed by atoms with van der Waals surface area (Å²) in [6, 6.07) is 0. The van der Waals surface area contributed by atoms with E-state index >= 15 is 0 Å². The van der Waals surface area contributed by atoms with Crippen LogP contribution in [0.2, 0.25) is 0 Å². The highest BCUT2D eigenvalue weighted by Crippen LogP contribution is 2.47. The Balaban J connectivity index is 2.74. The summed E-state index contributed by atoms with van der Waals surface area (Å²) < 4.78 is 16.1. The Morgan fingerprint density at radius 1 is 1.80 bits per heavy atom. The molecule has 0 aromatic heterocycles. The van der Waals surface area contributed by atoms with Crippen molar-refractivity contribution < 1.29 is 14.1 Å². The van der Waals surface area contributed by atoms with Crippen LogP contribution < -0.4 is 5.50 Å². The number of carbonyl (C=O) groups excluding carboxylic acids is 1. The predicted octanol–water partition coefficient (Wildman–Crippen LogP) is 0.744. The smallest absolute Gasteiger partial charge is 0.417 e. The molecule has 0 aromatic carbocycles. The first kappa shape index (κ1) is 7.85. The molecule has 1 fully saturated rings. The fourth-order valence-electron chi connectivity index (χ4n) is 0.633. The van der Waals surface area contributed by atoms with Crippen molar-refractivity contribution in [1.82, 2.24) is 4.67 Å². The molecule has 1 aliphatic rings. The molecule has 1 amide bonds. The lowest BCUT2D eigenvalue weighted by atomic mass is 10.7. The Morgan fingerprint density at radius 2 is 2.40 bits per heavy atom. The van der Waals surface area contributed by atoms with Crippen molar-refractivity contribution >= 4 is 24.1 Å². The van der Waals surface area contributed by atoms with Gasteiger partial charge in [-0.05, 0) is 11.2 Å². The maximum Gasteiger partial charge on any atom is 0.417 e. The number of ether oxygens (including phenoxy) is 1. The highest BCUT2D eigenvalue weighted by atomic mass is 35.7. The minimum absolute atomic E-state index is 0.201. The van der Waals surface area contributed by atoms with Crippen LogP contribution >= 0.6 is 18.0 Å². The minimum Gasteiger partial charge on any atom is -0.447 e. The van der Waals surface area contributed by atoms with Crippen molar-refractivity contribution in [1.29, 1.82) is 0 Å². The SMILES string of the molecule is NP(=O)(Cl)N1CCOC1=O. The van der Waals surface area contributed by atoms with Crippen molar-refractivity contribution in [2.24, 2.45) is 5.50 Å². The van der Waals surface area contributed by atoms with Gasteiger partial charge in [-0.15, -0.1) is 0 Å². The van der Waals surface area contributed by atoms with Crippen LogP contribution in [0.4, 0.5) is 4.79 Å². The second-order valence-corrected chi connectivity index (χ2v) is 4.81. The van der Waals surface area contributed by atoms with Gasteiger partial charge in [0.05, 0.1) is 6.54 Å². The first-order valence-electron chi connectivity index (χ1n) is 2.55. The first-order valence-corrected chi connectivity index (χ1v) is 5.18. The van der Waals surface area contributed by atoms with Gasteiger partial charge in [0.2, 0.25) is 0 Å². The monoisotopic (exact) mass is 184 g/mol. The van der Waals surface area contributed by atoms with E-state index in [1.165, 1.54) is 0 Å². The molecule has 0 aliphatic carbocycles. The number of rotatable bonds is 1. The van der Waals surface area contributed by atoms with E-state index in [2.05, 4.69) is 4.74 Å². The van der Waals surface area contributed by atoms with Crippen molar-refractivity contribution in [2.45, 2.75) is 0 Å². The van der Waals surface area contributed by atoms with E-state index < -0.39 is 12.9 Å². The van der Waals surface area contributed by atoms with Gasteiger partial charge >= 0.3 is 12.9 Å². The Hall–Kier alpha value is -0.250. The summed E-state index contributed by atoms with van der Waals surface area (Å²) in [4.78, 5) is 10.6. The largest absolute Gasteiger partial charge is 0.447 e. The predicted molar refractivity (Wildman–Crippen MR) is 35.7 cm³/mol. The molecule has 1 rings (SSSR count). The minimum atomic E-state index is -3.44. The Bertz CT molecular complexity index is 202. The summed E-state index contributed by atoms with van der Waals surface area (Å²) in [5.41, 5.74) is 4.98. The van der Waals surface area contributed by atoms with E-state index in [0.29, 0.717) is 0 Å². The quantitative estimate of drug-likeness (QED) is 0.610. The van der Waals surface area contributed by atoms with Gasteiger partial charge in [0, 0.05) is 0 Å². The van der Waals surface area contributed by atoms with Crippen LogP contribution in [0.25, 0.3) is 0 Å². The number of halogens is 1. The number of hydrogen-bond donors (Lipinski definition) is 1. The van der Waals surface area contributed by atoms with Gasteiger partial charge in [-0.1, -0.05) is 0 Å². The first-order chi connectivity index (χ1) is 4.52. The molecule has 7 heteroatoms. The third-order valence-corrected chi connectivity index (χ3v) is 2.64. The number of cyclic esters (lactones) is 1. The summed E-state index contributed by atoms with van der Waals surface area (Å²) in [6.45, 7) is -3.03. The van der Waals surface area contributed by atoms with E-state index in [1.807, 2.05) is 0 Å². The molecule has 5 nitrogen and oxygen atoms in total. The topological polar surface area (TPSA) is 72.6 Å². The molecule has 0 radical (unpaired) electrons. The second-order valence-electron chi connectivity index (χ2n) is 1.78. The molecule has 0 saturated carbocycles. The summed E-state index contributed by atoms with van der Waals surface area (Å²) in [5, 5.41) is 0. The number of nitrogens with two attached hydrogens (primary N) is 1. The van der Waals surface area contributed by atoms with Gasteiger partial charge in [0.25, 0.3) is 0 Å². The van der Waals surface area contributed by atoms with Gasteiger partial charge in [0.1, 0.15) is 6.61 Å². The number of nitrogens with zero attached hydrogens (tertiary/aromatic N) is 1. The molecule has 58 valence electrons. The molecule has 1 unspecified atom stereocenters. The van der Waals surface area contributed by atoms with Crippen LogP contribution in [0, 0.1) is 0 Å². The lowest BCUT2D eigenvalue weighted by Gasteiger charge is -2.13. The average molecular weight is 185 g/mol. The molecule has 10 heavy (non-hydrogen) atoms. The van der Waals surface area contributed by atoms with Gasteiger partial charge in [-0.3, -0.25) is 10.1 Å². The normalized spacial score (nSPS) is 24.2. The average Bonchev–Trinajstić information content (AvgIpc) is 2.11. The number of carbonyl (C=O) groups is 1. The summed E-state index contributed by atoms with van der Waals surface area (Å²) >= 11 is 5.19. The Labute approximate surface area is 62.3 Å². The second kappa shape index (κ2) is 2.42. The van der Waals surface area contributed by atoms with Crippen LogP contribution in [0.15, 0.2) is 0 Å². The van der Waals surface area contributed by atoms with Crippen LogP contribution in [0.1, 0.15) is 0 Å². The molecule has 0 aromatic rings. The van der Waals surface area contributed by atoms with Crippen LogP contribution in [-0.4, -0.2) is 23.9 Å². The Kier molecular flexibility index (Phi) is 1.90. The molecule has 1 atom stereocenters. The third-order valence-electron chi connectivity index (χ3n) is 1.07. The molecule has 1 saturated heterocycles. The molecule has 2 N–H and O–H groups in total. The Morgan fingerprint density at radius 3 is 2.60 bits per heavy atom. The number of hydrogen-bond acceptors (Lipinski definition) is 3. The van der Waals surface area contributed by atoms with E-state index in [9.17, 15) is 9.36 Å². The summed E-state index contributed by atoms with van der Waals surface area (Å²) in [6.07, 6.45) is -0.708. The molecule has 1 heterocycles. The molecule has 1 aliphatic heterocycles. The van der Waals surface area contributed by atoms with Crippen molar-refractivity contribution in [2.75, 3.05) is 13.2 Å². The third kappa shape index (κ3) is 1.42. The van der Waals surface area contributed by atoms with Crippen molar-refractivity contribution in [3.8, 4) is 0 Å². The summed E-state index contributed by atoms with van der Waals surface area (Å²) in [7, 11) is 0. The maximum atomic E-state index is 10.8. The van der Waals surface area contributed by atoms with Crippen molar-refractivity contribution in [3.63, 3.8) is 0 Å². The van der Waals surface area contributed by atoms with Crippen molar-refractivity contribution in [3.05, 3.63) is 0 Å². The van der Waals surface area contributed by atoms with Gasteiger partial charge < -0.3 is 4.74 Å². The zero-order valence-electron chi connectivity index (χ0n) is 4.99. The standard InChI is InChI=1S/C3H6ClN2O3P/c4-10(5,8)6-1-2-9-3(6)7/h1-2H2,(H2,5,8). The lowest BCUT2D eigenvalue weighted by molar-refractivity contribution is 0.170. The van der Waals surface area contributed by atoms with E-state index in [-0.39, 0.29) is 13.2 Å². The van der Waals surface area contributed by atoms with Crippen LogP contribution in [0.5, 0.6) is 0 Å². The molecular weight excluding hydrogens is 178 g/mol. The van der Waals surface area contributed by atoms with E-state index in [4.69, 9.17) is 16.7 Å². The molecule has 0 spiro atoms. The van der Waals surface area contributed by atoms with Gasteiger partial charge in [-0.25, -0.2) is 9.46 Å². The lowest BCUT2D eigenvalue weighted by Crippen LogP contribution is -2.21. The van der Waals surface area contributed by atoms with Crippen LogP contribution in [-0.2, 0) is 9.30 Å². The fraction of sp³-hybridized carbons (Fsp3) is 0.667. The molecule has 0 bridgehead atoms. The zero-order valence-corrected chi connectivity index (χ0v) is 6.64. The highest BCUT2D eigenvalue weighted by Gasteiger charge is 2.34. The molecular formula is C3H6ClN2O3P.